The smallest absolute Gasteiger partial charge is 0.270 e. The summed E-state index contributed by atoms with van der Waals surface area (Å²) in [7, 11) is 1.94. The molecule has 1 amide bonds. The second kappa shape index (κ2) is 6.54. The van der Waals surface area contributed by atoms with Gasteiger partial charge in [-0.25, -0.2) is 0 Å². The second-order valence-electron chi connectivity index (χ2n) is 6.66. The zero-order valence-electron chi connectivity index (χ0n) is 13.8. The van der Waals surface area contributed by atoms with Crippen LogP contribution in [-0.4, -0.2) is 28.5 Å². The van der Waals surface area contributed by atoms with Gasteiger partial charge in [-0.2, -0.15) is 0 Å². The average Bonchev–Trinajstić information content (AvgIpc) is 2.88. The topological polar surface area (TPSA) is 51.3 Å². The number of rotatable bonds is 4. The van der Waals surface area contributed by atoms with Crippen LogP contribution in [0.2, 0.25) is 0 Å². The summed E-state index contributed by atoms with van der Waals surface area (Å²) in [5.41, 5.74) is 7.25. The molecule has 0 atom stereocenters. The number of aromatic nitrogens is 1. The van der Waals surface area contributed by atoms with Gasteiger partial charge in [0.1, 0.15) is 5.69 Å². The molecule has 1 aromatic heterocycles. The number of carbonyl (C=O) groups is 1. The highest BCUT2D eigenvalue weighted by atomic mass is 16.2. The van der Waals surface area contributed by atoms with Crippen molar-refractivity contribution >= 4 is 11.6 Å². The van der Waals surface area contributed by atoms with Gasteiger partial charge in [-0.05, 0) is 51.5 Å². The number of amides is 1. The van der Waals surface area contributed by atoms with E-state index in [1.165, 1.54) is 19.3 Å². The maximum Gasteiger partial charge on any atom is 0.270 e. The highest BCUT2D eigenvalue weighted by molar-refractivity contribution is 5.94. The largest absolute Gasteiger partial charge is 0.397 e. The Morgan fingerprint density at radius 3 is 2.52 bits per heavy atom. The number of hydrogen-bond acceptors (Lipinski definition) is 2. The third-order valence-corrected chi connectivity index (χ3v) is 4.91. The van der Waals surface area contributed by atoms with Gasteiger partial charge in [0.25, 0.3) is 5.91 Å². The number of nitrogens with zero attached hydrogens (tertiary/aromatic N) is 2. The lowest BCUT2D eigenvalue weighted by atomic mass is 9.84. The lowest BCUT2D eigenvalue weighted by Crippen LogP contribution is -2.40. The van der Waals surface area contributed by atoms with E-state index in [0.717, 1.165) is 18.8 Å². The van der Waals surface area contributed by atoms with Crippen LogP contribution in [0.25, 0.3) is 0 Å². The molecule has 0 bridgehead atoms. The van der Waals surface area contributed by atoms with Crippen molar-refractivity contribution in [2.75, 3.05) is 12.8 Å². The summed E-state index contributed by atoms with van der Waals surface area (Å²) in [6, 6.07) is 2.42. The highest BCUT2D eigenvalue weighted by Crippen LogP contribution is 2.30. The lowest BCUT2D eigenvalue weighted by Gasteiger charge is -2.34. The van der Waals surface area contributed by atoms with Gasteiger partial charge in [0.15, 0.2) is 0 Å². The van der Waals surface area contributed by atoms with Crippen molar-refractivity contribution in [2.45, 2.75) is 65.0 Å². The number of carbonyl (C=O) groups excluding carboxylic acids is 1. The van der Waals surface area contributed by atoms with E-state index in [2.05, 4.69) is 20.8 Å². The van der Waals surface area contributed by atoms with Crippen molar-refractivity contribution in [1.82, 2.24) is 9.47 Å². The van der Waals surface area contributed by atoms with Crippen LogP contribution in [0.3, 0.4) is 0 Å². The van der Waals surface area contributed by atoms with Crippen LogP contribution in [0, 0.1) is 5.92 Å². The third-order valence-electron chi connectivity index (χ3n) is 4.91. The second-order valence-corrected chi connectivity index (χ2v) is 6.66. The Balaban J connectivity index is 2.09. The Hall–Kier alpha value is -1.45. The zero-order valence-corrected chi connectivity index (χ0v) is 13.8. The maximum atomic E-state index is 12.8. The van der Waals surface area contributed by atoms with Crippen molar-refractivity contribution < 1.29 is 4.79 Å². The molecule has 4 heteroatoms. The lowest BCUT2D eigenvalue weighted by molar-refractivity contribution is 0.0662. The first-order chi connectivity index (χ1) is 9.93. The minimum Gasteiger partial charge on any atom is -0.397 e. The number of hydrogen-bond donors (Lipinski definition) is 1. The van der Waals surface area contributed by atoms with Crippen molar-refractivity contribution in [2.24, 2.45) is 5.92 Å². The summed E-state index contributed by atoms with van der Waals surface area (Å²) in [6.07, 6.45) is 7.85. The molecule has 0 aliphatic heterocycles. The van der Waals surface area contributed by atoms with E-state index in [4.69, 9.17) is 5.73 Å². The summed E-state index contributed by atoms with van der Waals surface area (Å²) < 4.78 is 1.98. The normalized spacial score (nSPS) is 22.5. The molecule has 118 valence electrons. The summed E-state index contributed by atoms with van der Waals surface area (Å²) in [6.45, 7) is 6.41. The van der Waals surface area contributed by atoms with E-state index in [9.17, 15) is 4.79 Å². The van der Waals surface area contributed by atoms with E-state index in [1.54, 1.807) is 6.07 Å². The fraction of sp³-hybridized carbons (Fsp3) is 0.706. The Bertz CT molecular complexity index is 484. The first kappa shape index (κ1) is 15.9. The Morgan fingerprint density at radius 1 is 1.38 bits per heavy atom. The van der Waals surface area contributed by atoms with Gasteiger partial charge in [0.2, 0.25) is 0 Å². The summed E-state index contributed by atoms with van der Waals surface area (Å²) in [5, 5.41) is 0. The molecule has 0 unspecified atom stereocenters. The Morgan fingerprint density at radius 2 is 2.00 bits per heavy atom. The van der Waals surface area contributed by atoms with Crippen molar-refractivity contribution in [3.63, 3.8) is 0 Å². The quantitative estimate of drug-likeness (QED) is 0.919. The number of nitrogens with two attached hydrogens (primary N) is 1. The average molecular weight is 291 g/mol. The van der Waals surface area contributed by atoms with Crippen LogP contribution in [0.5, 0.6) is 0 Å². The Kier molecular flexibility index (Phi) is 4.96. The molecule has 1 fully saturated rings. The first-order valence-corrected chi connectivity index (χ1v) is 8.18. The van der Waals surface area contributed by atoms with Crippen LogP contribution in [0.1, 0.15) is 69.4 Å². The summed E-state index contributed by atoms with van der Waals surface area (Å²) in [4.78, 5) is 14.7. The van der Waals surface area contributed by atoms with Crippen molar-refractivity contribution in [3.8, 4) is 0 Å². The van der Waals surface area contributed by atoms with E-state index in [0.29, 0.717) is 17.4 Å². The molecule has 1 aromatic rings. The molecule has 21 heavy (non-hydrogen) atoms. The number of anilines is 1. The molecule has 1 saturated carbocycles. The molecular formula is C17H29N3O. The molecule has 4 nitrogen and oxygen atoms in total. The maximum absolute atomic E-state index is 12.8. The van der Waals surface area contributed by atoms with Gasteiger partial charge in [-0.3, -0.25) is 4.79 Å². The summed E-state index contributed by atoms with van der Waals surface area (Å²) in [5.74, 6) is 0.945. The van der Waals surface area contributed by atoms with Crippen molar-refractivity contribution in [1.29, 1.82) is 0 Å². The molecule has 2 N–H and O–H groups in total. The summed E-state index contributed by atoms with van der Waals surface area (Å²) >= 11 is 0. The molecule has 2 rings (SSSR count). The van der Waals surface area contributed by atoms with E-state index < -0.39 is 0 Å². The van der Waals surface area contributed by atoms with Gasteiger partial charge >= 0.3 is 0 Å². The predicted molar refractivity (Wildman–Crippen MR) is 87.4 cm³/mol. The van der Waals surface area contributed by atoms with Gasteiger partial charge in [0.05, 0.1) is 5.69 Å². The first-order valence-electron chi connectivity index (χ1n) is 8.18. The van der Waals surface area contributed by atoms with Gasteiger partial charge in [0, 0.05) is 25.3 Å². The van der Waals surface area contributed by atoms with Crippen LogP contribution < -0.4 is 5.73 Å². The molecule has 0 saturated heterocycles. The molecule has 0 spiro atoms. The molecule has 1 aliphatic carbocycles. The van der Waals surface area contributed by atoms with Gasteiger partial charge < -0.3 is 15.2 Å². The SMILES string of the molecule is CCC1CCC(N(C)C(=O)c2cc(N)cn2C(C)C)CC1. The van der Waals surface area contributed by atoms with Crippen molar-refractivity contribution in [3.05, 3.63) is 18.0 Å². The Labute approximate surface area is 128 Å². The third kappa shape index (κ3) is 3.42. The van der Waals surface area contributed by atoms with Gasteiger partial charge in [-0.1, -0.05) is 13.3 Å². The number of nitrogen functional groups attached to an aromatic ring is 1. The minimum absolute atomic E-state index is 0.0975. The molecule has 1 heterocycles. The van der Waals surface area contributed by atoms with E-state index >= 15 is 0 Å². The molecule has 1 aliphatic rings. The zero-order chi connectivity index (χ0) is 15.6. The standard InChI is InChI=1S/C17H29N3O/c1-5-13-6-8-15(9-7-13)19(4)17(21)16-10-14(18)11-20(16)12(2)3/h10-13,15H,5-9,18H2,1-4H3. The molecular weight excluding hydrogens is 262 g/mol. The van der Waals surface area contributed by atoms with Crippen LogP contribution in [0.4, 0.5) is 5.69 Å². The van der Waals surface area contributed by atoms with E-state index in [-0.39, 0.29) is 11.9 Å². The van der Waals surface area contributed by atoms with Crippen LogP contribution in [0.15, 0.2) is 12.3 Å². The fourth-order valence-electron chi connectivity index (χ4n) is 3.39. The fourth-order valence-corrected chi connectivity index (χ4v) is 3.39. The highest BCUT2D eigenvalue weighted by Gasteiger charge is 2.28. The molecule has 0 aromatic carbocycles. The van der Waals surface area contributed by atoms with E-state index in [1.807, 2.05) is 22.7 Å². The monoisotopic (exact) mass is 291 g/mol. The van der Waals surface area contributed by atoms with Gasteiger partial charge in [-0.15, -0.1) is 0 Å². The minimum atomic E-state index is 0.0975. The van der Waals surface area contributed by atoms with Crippen LogP contribution in [-0.2, 0) is 0 Å². The molecule has 0 radical (unpaired) electrons. The van der Waals surface area contributed by atoms with Crippen LogP contribution >= 0.6 is 0 Å². The predicted octanol–water partition coefficient (Wildman–Crippen LogP) is 3.69.